The molecule has 0 saturated heterocycles. The van der Waals surface area contributed by atoms with E-state index in [9.17, 15) is 5.11 Å². The Labute approximate surface area is 143 Å². The van der Waals surface area contributed by atoms with Crippen LogP contribution in [0.25, 0.3) is 12.2 Å². The molecule has 4 nitrogen and oxygen atoms in total. The van der Waals surface area contributed by atoms with Gasteiger partial charge in [0.1, 0.15) is 11.5 Å². The van der Waals surface area contributed by atoms with E-state index in [1.807, 2.05) is 44.2 Å². The van der Waals surface area contributed by atoms with Gasteiger partial charge in [-0.05, 0) is 49.6 Å². The molecule has 0 aliphatic carbocycles. The van der Waals surface area contributed by atoms with Crippen LogP contribution in [-0.2, 0) is 6.42 Å². The van der Waals surface area contributed by atoms with E-state index in [-0.39, 0.29) is 5.75 Å². The molecule has 4 heteroatoms. The second-order valence-electron chi connectivity index (χ2n) is 5.67. The van der Waals surface area contributed by atoms with Crippen LogP contribution in [0, 0.1) is 0 Å². The number of methoxy groups -OCH3 is 2. The van der Waals surface area contributed by atoms with Gasteiger partial charge in [0.15, 0.2) is 0 Å². The Balaban J connectivity index is 2.29. The molecule has 0 aliphatic rings. The van der Waals surface area contributed by atoms with Crippen molar-refractivity contribution in [1.29, 1.82) is 0 Å². The minimum Gasteiger partial charge on any atom is -0.507 e. The van der Waals surface area contributed by atoms with Crippen molar-refractivity contribution >= 4 is 12.2 Å². The highest BCUT2D eigenvalue weighted by Gasteiger charge is 2.09. The second-order valence-corrected chi connectivity index (χ2v) is 5.67. The van der Waals surface area contributed by atoms with Gasteiger partial charge in [-0.15, -0.1) is 0 Å². The smallest absolute Gasteiger partial charge is 0.213 e. The van der Waals surface area contributed by atoms with Gasteiger partial charge in [-0.3, -0.25) is 0 Å². The summed E-state index contributed by atoms with van der Waals surface area (Å²) in [4.78, 5) is 4.08. The summed E-state index contributed by atoms with van der Waals surface area (Å²) in [5.74, 6) is 1.48. The molecule has 0 atom stereocenters. The topological polar surface area (TPSA) is 51.6 Å². The predicted octanol–water partition coefficient (Wildman–Crippen LogP) is 4.48. The highest BCUT2D eigenvalue weighted by molar-refractivity contribution is 5.72. The van der Waals surface area contributed by atoms with Crippen LogP contribution in [0.5, 0.6) is 17.4 Å². The number of benzene rings is 1. The third kappa shape index (κ3) is 4.62. The molecule has 0 saturated carbocycles. The third-order valence-corrected chi connectivity index (χ3v) is 3.58. The number of hydrogen-bond acceptors (Lipinski definition) is 4. The summed E-state index contributed by atoms with van der Waals surface area (Å²) in [6.07, 6.45) is 8.26. The van der Waals surface area contributed by atoms with Crippen molar-refractivity contribution in [2.75, 3.05) is 14.2 Å². The van der Waals surface area contributed by atoms with E-state index in [1.54, 1.807) is 26.5 Å². The van der Waals surface area contributed by atoms with E-state index < -0.39 is 0 Å². The predicted molar refractivity (Wildman–Crippen MR) is 97.5 cm³/mol. The van der Waals surface area contributed by atoms with Gasteiger partial charge in [0.25, 0.3) is 0 Å². The Kier molecular flexibility index (Phi) is 6.01. The molecule has 1 N–H and O–H groups in total. The first-order valence-electron chi connectivity index (χ1n) is 7.75. The Hall–Kier alpha value is -2.75. The first-order valence-corrected chi connectivity index (χ1v) is 7.75. The standard InChI is InChI=1S/C20H23NO3/c1-14(2)5-8-17-18(22)11-16(12-19(17)23-3)7-6-15-9-10-21-20(13-15)24-4/h5-7,9-13,22H,8H2,1-4H3/b7-6+. The zero-order valence-electron chi connectivity index (χ0n) is 14.5. The fourth-order valence-electron chi connectivity index (χ4n) is 2.27. The average Bonchev–Trinajstić information content (AvgIpc) is 2.58. The zero-order chi connectivity index (χ0) is 17.5. The Morgan fingerprint density at radius 3 is 2.50 bits per heavy atom. The van der Waals surface area contributed by atoms with Crippen molar-refractivity contribution < 1.29 is 14.6 Å². The normalized spacial score (nSPS) is 10.7. The quantitative estimate of drug-likeness (QED) is 0.795. The highest BCUT2D eigenvalue weighted by atomic mass is 16.5. The number of pyridine rings is 1. The van der Waals surface area contributed by atoms with Crippen LogP contribution >= 0.6 is 0 Å². The van der Waals surface area contributed by atoms with Crippen molar-refractivity contribution in [2.45, 2.75) is 20.3 Å². The minimum absolute atomic E-state index is 0.235. The zero-order valence-corrected chi connectivity index (χ0v) is 14.5. The largest absolute Gasteiger partial charge is 0.507 e. The molecule has 0 aliphatic heterocycles. The number of aromatic hydroxyl groups is 1. The van der Waals surface area contributed by atoms with Crippen molar-refractivity contribution in [1.82, 2.24) is 4.98 Å². The molecule has 0 amide bonds. The fraction of sp³-hybridized carbons (Fsp3) is 0.250. The van der Waals surface area contributed by atoms with E-state index in [1.165, 1.54) is 5.57 Å². The first-order chi connectivity index (χ1) is 11.5. The summed E-state index contributed by atoms with van der Waals surface area (Å²) in [6, 6.07) is 7.39. The summed E-state index contributed by atoms with van der Waals surface area (Å²) < 4.78 is 10.5. The van der Waals surface area contributed by atoms with E-state index in [0.717, 1.165) is 16.7 Å². The SMILES string of the molecule is COc1cc(/C=C/c2cc(O)c(CC=C(C)C)c(OC)c2)ccn1. The maximum atomic E-state index is 10.3. The lowest BCUT2D eigenvalue weighted by Gasteiger charge is -2.11. The fourth-order valence-corrected chi connectivity index (χ4v) is 2.27. The molecule has 0 bridgehead atoms. The number of rotatable bonds is 6. The summed E-state index contributed by atoms with van der Waals surface area (Å²) in [6.45, 7) is 4.06. The Morgan fingerprint density at radius 1 is 1.08 bits per heavy atom. The molecule has 24 heavy (non-hydrogen) atoms. The van der Waals surface area contributed by atoms with Gasteiger partial charge < -0.3 is 14.6 Å². The highest BCUT2D eigenvalue weighted by Crippen LogP contribution is 2.31. The van der Waals surface area contributed by atoms with Crippen LogP contribution in [0.3, 0.4) is 0 Å². The van der Waals surface area contributed by atoms with Gasteiger partial charge >= 0.3 is 0 Å². The average molecular weight is 325 g/mol. The summed E-state index contributed by atoms with van der Waals surface area (Å²) >= 11 is 0. The maximum absolute atomic E-state index is 10.3. The molecule has 1 heterocycles. The maximum Gasteiger partial charge on any atom is 0.213 e. The number of ether oxygens (including phenoxy) is 2. The molecule has 0 radical (unpaired) electrons. The van der Waals surface area contributed by atoms with Crippen LogP contribution in [0.1, 0.15) is 30.5 Å². The lowest BCUT2D eigenvalue weighted by atomic mass is 10.0. The van der Waals surface area contributed by atoms with Gasteiger partial charge in [0.05, 0.1) is 14.2 Å². The number of allylic oxidation sites excluding steroid dienone is 2. The van der Waals surface area contributed by atoms with Crippen LogP contribution in [0.4, 0.5) is 0 Å². The summed E-state index contributed by atoms with van der Waals surface area (Å²) in [5, 5.41) is 10.3. The molecule has 126 valence electrons. The molecule has 1 aromatic carbocycles. The summed E-state index contributed by atoms with van der Waals surface area (Å²) in [7, 11) is 3.20. The Bertz CT molecular complexity index is 759. The molecule has 0 fully saturated rings. The van der Waals surface area contributed by atoms with Crippen LogP contribution in [0.2, 0.25) is 0 Å². The molecule has 0 unspecified atom stereocenters. The number of hydrogen-bond donors (Lipinski definition) is 1. The van der Waals surface area contributed by atoms with Gasteiger partial charge in [-0.1, -0.05) is 23.8 Å². The van der Waals surface area contributed by atoms with E-state index in [4.69, 9.17) is 9.47 Å². The lowest BCUT2D eigenvalue weighted by molar-refractivity contribution is 0.398. The van der Waals surface area contributed by atoms with Gasteiger partial charge in [-0.2, -0.15) is 0 Å². The molecule has 1 aromatic heterocycles. The van der Waals surface area contributed by atoms with E-state index >= 15 is 0 Å². The first kappa shape index (κ1) is 17.6. The van der Waals surface area contributed by atoms with Crippen molar-refractivity contribution in [3.05, 3.63) is 58.8 Å². The van der Waals surface area contributed by atoms with Gasteiger partial charge in [0.2, 0.25) is 5.88 Å². The van der Waals surface area contributed by atoms with Crippen LogP contribution in [-0.4, -0.2) is 24.3 Å². The van der Waals surface area contributed by atoms with Gasteiger partial charge in [0, 0.05) is 17.8 Å². The minimum atomic E-state index is 0.235. The van der Waals surface area contributed by atoms with E-state index in [2.05, 4.69) is 11.1 Å². The third-order valence-electron chi connectivity index (χ3n) is 3.58. The number of phenols is 1. The lowest BCUT2D eigenvalue weighted by Crippen LogP contribution is -1.93. The Morgan fingerprint density at radius 2 is 1.83 bits per heavy atom. The number of aromatic nitrogens is 1. The van der Waals surface area contributed by atoms with Crippen molar-refractivity contribution in [3.63, 3.8) is 0 Å². The van der Waals surface area contributed by atoms with Crippen molar-refractivity contribution in [2.24, 2.45) is 0 Å². The second kappa shape index (κ2) is 8.20. The number of phenolic OH excluding ortho intramolecular Hbond substituents is 1. The number of nitrogens with zero attached hydrogens (tertiary/aromatic N) is 1. The van der Waals surface area contributed by atoms with Crippen molar-refractivity contribution in [3.8, 4) is 17.4 Å². The van der Waals surface area contributed by atoms with Crippen LogP contribution < -0.4 is 9.47 Å². The monoisotopic (exact) mass is 325 g/mol. The molecule has 0 spiro atoms. The summed E-state index contributed by atoms with van der Waals surface area (Å²) in [5.41, 5.74) is 3.82. The van der Waals surface area contributed by atoms with E-state index in [0.29, 0.717) is 18.1 Å². The van der Waals surface area contributed by atoms with Gasteiger partial charge in [-0.25, -0.2) is 4.98 Å². The molecule has 2 rings (SSSR count). The molecule has 2 aromatic rings. The van der Waals surface area contributed by atoms with Crippen LogP contribution in [0.15, 0.2) is 42.1 Å². The molecular formula is C20H23NO3. The molecular weight excluding hydrogens is 302 g/mol.